The van der Waals surface area contributed by atoms with E-state index in [0.29, 0.717) is 37.9 Å². The zero-order valence-corrected chi connectivity index (χ0v) is 13.2. The Morgan fingerprint density at radius 3 is 2.79 bits per heavy atom. The van der Waals surface area contributed by atoms with E-state index in [1.165, 1.54) is 0 Å². The molecule has 3 rings (SSSR count). The maximum absolute atomic E-state index is 11.8. The average molecular weight is 328 g/mol. The van der Waals surface area contributed by atoms with Gasteiger partial charge in [-0.25, -0.2) is 0 Å². The monoisotopic (exact) mass is 328 g/mol. The van der Waals surface area contributed by atoms with E-state index in [1.807, 2.05) is 24.3 Å². The molecule has 1 fully saturated rings. The largest absolute Gasteiger partial charge is 0.381 e. The van der Waals surface area contributed by atoms with Crippen LogP contribution in [0.25, 0.3) is 0 Å². The van der Waals surface area contributed by atoms with Gasteiger partial charge in [0.1, 0.15) is 5.82 Å². The van der Waals surface area contributed by atoms with Crippen LogP contribution >= 0.6 is 0 Å². The van der Waals surface area contributed by atoms with Crippen molar-refractivity contribution >= 4 is 23.2 Å². The summed E-state index contributed by atoms with van der Waals surface area (Å²) < 4.78 is 5.20. The molecule has 126 valence electrons. The van der Waals surface area contributed by atoms with Crippen LogP contribution in [0.5, 0.6) is 0 Å². The summed E-state index contributed by atoms with van der Waals surface area (Å²) in [5, 5.41) is 17.3. The van der Waals surface area contributed by atoms with Crippen LogP contribution in [-0.4, -0.2) is 47.4 Å². The molecule has 0 bridgehead atoms. The summed E-state index contributed by atoms with van der Waals surface area (Å²) in [6, 6.07) is 7.41. The van der Waals surface area contributed by atoms with Gasteiger partial charge in [0.25, 0.3) is 0 Å². The number of pyridine rings is 1. The lowest BCUT2D eigenvalue weighted by molar-refractivity contribution is -0.124. The molecule has 3 heterocycles. The minimum atomic E-state index is -0.0115. The van der Waals surface area contributed by atoms with Crippen molar-refractivity contribution in [3.8, 4) is 0 Å². The van der Waals surface area contributed by atoms with Crippen molar-refractivity contribution in [1.29, 1.82) is 0 Å². The molecule has 1 saturated heterocycles. The van der Waals surface area contributed by atoms with Gasteiger partial charge in [-0.3, -0.25) is 9.78 Å². The Morgan fingerprint density at radius 1 is 1.21 bits per heavy atom. The van der Waals surface area contributed by atoms with Gasteiger partial charge in [0.05, 0.1) is 24.4 Å². The number of hydrogen-bond donors (Lipinski definition) is 3. The van der Waals surface area contributed by atoms with Crippen LogP contribution in [0.3, 0.4) is 0 Å². The molecular weight excluding hydrogens is 308 g/mol. The van der Waals surface area contributed by atoms with Gasteiger partial charge < -0.3 is 20.7 Å². The van der Waals surface area contributed by atoms with Crippen LogP contribution < -0.4 is 16.0 Å². The zero-order chi connectivity index (χ0) is 16.6. The summed E-state index contributed by atoms with van der Waals surface area (Å²) in [6.45, 7) is 2.32. The van der Waals surface area contributed by atoms with Crippen LogP contribution in [-0.2, 0) is 9.53 Å². The van der Waals surface area contributed by atoms with Crippen molar-refractivity contribution in [2.75, 3.05) is 36.9 Å². The van der Waals surface area contributed by atoms with E-state index in [-0.39, 0.29) is 11.8 Å². The van der Waals surface area contributed by atoms with E-state index >= 15 is 0 Å². The summed E-state index contributed by atoms with van der Waals surface area (Å²) in [6.07, 6.45) is 4.23. The van der Waals surface area contributed by atoms with Crippen molar-refractivity contribution in [1.82, 2.24) is 20.5 Å². The van der Waals surface area contributed by atoms with E-state index in [2.05, 4.69) is 31.1 Å². The highest BCUT2D eigenvalue weighted by molar-refractivity contribution is 5.79. The second-order valence-electron chi connectivity index (χ2n) is 5.45. The van der Waals surface area contributed by atoms with Crippen molar-refractivity contribution in [3.05, 3.63) is 36.7 Å². The van der Waals surface area contributed by atoms with Crippen LogP contribution in [0.4, 0.5) is 17.3 Å². The molecule has 8 nitrogen and oxygen atoms in total. The van der Waals surface area contributed by atoms with Crippen molar-refractivity contribution in [2.24, 2.45) is 5.92 Å². The number of anilines is 3. The number of amides is 1. The van der Waals surface area contributed by atoms with Gasteiger partial charge in [0.2, 0.25) is 5.91 Å². The fraction of sp³-hybridized carbons (Fsp3) is 0.375. The second-order valence-corrected chi connectivity index (χ2v) is 5.45. The molecule has 0 aromatic carbocycles. The smallest absolute Gasteiger partial charge is 0.225 e. The molecule has 0 spiro atoms. The van der Waals surface area contributed by atoms with E-state index in [4.69, 9.17) is 4.74 Å². The minimum absolute atomic E-state index is 0.0115. The maximum atomic E-state index is 11.8. The van der Waals surface area contributed by atoms with E-state index in [0.717, 1.165) is 12.1 Å². The lowest BCUT2D eigenvalue weighted by Crippen LogP contribution is -2.34. The third-order valence-corrected chi connectivity index (χ3v) is 3.63. The topological polar surface area (TPSA) is 101 Å². The summed E-state index contributed by atoms with van der Waals surface area (Å²) >= 11 is 0. The van der Waals surface area contributed by atoms with Gasteiger partial charge in [0.15, 0.2) is 5.82 Å². The molecule has 1 aliphatic rings. The summed E-state index contributed by atoms with van der Waals surface area (Å²) in [4.78, 5) is 15.8. The first-order valence-corrected chi connectivity index (χ1v) is 7.91. The number of nitrogens with one attached hydrogen (secondary N) is 3. The predicted octanol–water partition coefficient (Wildman–Crippen LogP) is 1.18. The second kappa shape index (κ2) is 8.21. The number of carbonyl (C=O) groups is 1. The van der Waals surface area contributed by atoms with Crippen molar-refractivity contribution in [2.45, 2.75) is 6.42 Å². The fourth-order valence-electron chi connectivity index (χ4n) is 2.34. The summed E-state index contributed by atoms with van der Waals surface area (Å²) in [7, 11) is 0. The maximum Gasteiger partial charge on any atom is 0.225 e. The van der Waals surface area contributed by atoms with Crippen LogP contribution in [0.1, 0.15) is 6.42 Å². The normalized spacial score (nSPS) is 16.6. The molecule has 0 radical (unpaired) electrons. The third kappa shape index (κ3) is 4.63. The highest BCUT2D eigenvalue weighted by Crippen LogP contribution is 2.13. The fourth-order valence-corrected chi connectivity index (χ4v) is 2.34. The number of aromatic nitrogens is 3. The van der Waals surface area contributed by atoms with E-state index in [1.54, 1.807) is 12.4 Å². The number of ether oxygens (including phenoxy) is 1. The van der Waals surface area contributed by atoms with Gasteiger partial charge >= 0.3 is 0 Å². The molecule has 2 aromatic heterocycles. The minimum Gasteiger partial charge on any atom is -0.381 e. The molecule has 2 aromatic rings. The van der Waals surface area contributed by atoms with Crippen LogP contribution in [0.15, 0.2) is 36.7 Å². The number of carbonyl (C=O) groups excluding carboxylic acids is 1. The molecule has 0 aliphatic carbocycles. The van der Waals surface area contributed by atoms with Crippen LogP contribution in [0, 0.1) is 5.92 Å². The van der Waals surface area contributed by atoms with Crippen molar-refractivity contribution < 1.29 is 9.53 Å². The zero-order valence-electron chi connectivity index (χ0n) is 13.2. The Bertz CT molecular complexity index is 643. The Balaban J connectivity index is 1.39. The standard InChI is InChI=1S/C16H20N6O2/c23-16(12-5-9-24-11-12)19-8-7-18-14-3-4-15(22-21-14)20-13-2-1-6-17-10-13/h1-4,6,10,12H,5,7-9,11H2,(H,18,21)(H,19,23)(H,20,22)/t12-/m0/s1. The molecule has 0 saturated carbocycles. The van der Waals surface area contributed by atoms with Crippen LogP contribution in [0.2, 0.25) is 0 Å². The number of nitrogens with zero attached hydrogens (tertiary/aromatic N) is 3. The first-order valence-electron chi connectivity index (χ1n) is 7.91. The van der Waals surface area contributed by atoms with E-state index in [9.17, 15) is 4.79 Å². The Hall–Kier alpha value is -2.74. The van der Waals surface area contributed by atoms with Gasteiger partial charge in [-0.05, 0) is 30.7 Å². The molecule has 3 N–H and O–H groups in total. The highest BCUT2D eigenvalue weighted by atomic mass is 16.5. The van der Waals surface area contributed by atoms with Gasteiger partial charge in [0, 0.05) is 25.9 Å². The first-order chi connectivity index (χ1) is 11.8. The van der Waals surface area contributed by atoms with Gasteiger partial charge in [-0.15, -0.1) is 10.2 Å². The number of hydrogen-bond acceptors (Lipinski definition) is 7. The number of rotatable bonds is 7. The molecule has 24 heavy (non-hydrogen) atoms. The third-order valence-electron chi connectivity index (χ3n) is 3.63. The first kappa shape index (κ1) is 16.1. The van der Waals surface area contributed by atoms with Crippen molar-refractivity contribution in [3.63, 3.8) is 0 Å². The Labute approximate surface area is 140 Å². The Kier molecular flexibility index (Phi) is 5.52. The Morgan fingerprint density at radius 2 is 2.08 bits per heavy atom. The molecule has 1 amide bonds. The van der Waals surface area contributed by atoms with Gasteiger partial charge in [-0.2, -0.15) is 0 Å². The lowest BCUT2D eigenvalue weighted by Gasteiger charge is -2.10. The average Bonchev–Trinajstić information content (AvgIpc) is 3.16. The molecular formula is C16H20N6O2. The summed E-state index contributed by atoms with van der Waals surface area (Å²) in [5.74, 6) is 1.34. The lowest BCUT2D eigenvalue weighted by atomic mass is 10.1. The summed E-state index contributed by atoms with van der Waals surface area (Å²) in [5.41, 5.74) is 0.853. The molecule has 1 atom stereocenters. The quantitative estimate of drug-likeness (QED) is 0.656. The molecule has 8 heteroatoms. The molecule has 0 unspecified atom stereocenters. The SMILES string of the molecule is O=C(NCCNc1ccc(Nc2cccnc2)nn1)[C@H]1CCOC1. The van der Waals surface area contributed by atoms with Gasteiger partial charge in [-0.1, -0.05) is 0 Å². The van der Waals surface area contributed by atoms with E-state index < -0.39 is 0 Å². The predicted molar refractivity (Wildman–Crippen MR) is 90.0 cm³/mol. The molecule has 1 aliphatic heterocycles. The highest BCUT2D eigenvalue weighted by Gasteiger charge is 2.22.